The Morgan fingerprint density at radius 2 is 1.40 bits per heavy atom. The Hall–Kier alpha value is -0.0379. The molecule has 2 aromatic carbocycles. The Kier molecular flexibility index (Phi) is 5.96. The zero-order chi connectivity index (χ0) is 14.6. The molecule has 20 heavy (non-hydrogen) atoms. The van der Waals surface area contributed by atoms with E-state index in [0.29, 0.717) is 24.3 Å². The van der Waals surface area contributed by atoms with Gasteiger partial charge in [0, 0.05) is 0 Å². The maximum atomic E-state index is 5.98. The third kappa shape index (κ3) is 4.76. The van der Waals surface area contributed by atoms with Gasteiger partial charge in [0.2, 0.25) is 0 Å². The van der Waals surface area contributed by atoms with Crippen molar-refractivity contribution >= 4 is 49.7 Å². The molecule has 102 valence electrons. The molecule has 0 spiro atoms. The first-order valence-corrected chi connectivity index (χ1v) is 15.6. The van der Waals surface area contributed by atoms with E-state index >= 15 is 0 Å². The van der Waals surface area contributed by atoms with Crippen molar-refractivity contribution in [2.24, 2.45) is 0 Å². The second kappa shape index (κ2) is 7.29. The van der Waals surface area contributed by atoms with Crippen LogP contribution in [0.25, 0.3) is 0 Å². The van der Waals surface area contributed by atoms with Crippen LogP contribution < -0.4 is 9.05 Å². The number of rotatable bonds is 5. The SMILES string of the molecule is Cc1cccc(OP(=S)(Oc2cccc(C)c2)[S][Tl])c1. The Morgan fingerprint density at radius 3 is 1.75 bits per heavy atom. The molecule has 0 aliphatic rings. The molecule has 0 fully saturated rings. The fourth-order valence-electron chi connectivity index (χ4n) is 1.66. The quantitative estimate of drug-likeness (QED) is 0.422. The normalized spacial score (nSPS) is 11.1. The maximum absolute atomic E-state index is 5.98. The third-order valence-electron chi connectivity index (χ3n) is 2.54. The molecule has 0 saturated heterocycles. The monoisotopic (exact) mass is 514 g/mol. The van der Waals surface area contributed by atoms with E-state index in [9.17, 15) is 0 Å². The van der Waals surface area contributed by atoms with Crippen molar-refractivity contribution in [1.29, 1.82) is 0 Å². The first kappa shape index (κ1) is 16.3. The summed E-state index contributed by atoms with van der Waals surface area (Å²) in [6.07, 6.45) is 0. The molecule has 0 N–H and O–H groups in total. The number of hydrogen-bond acceptors (Lipinski definition) is 4. The molecule has 2 aromatic rings. The van der Waals surface area contributed by atoms with Crippen LogP contribution in [-0.4, -0.2) is 24.3 Å². The van der Waals surface area contributed by atoms with E-state index in [2.05, 4.69) is 0 Å². The molecule has 2 nitrogen and oxygen atoms in total. The summed E-state index contributed by atoms with van der Waals surface area (Å²) in [5, 5.41) is 0. The molecule has 0 radical (unpaired) electrons. The summed E-state index contributed by atoms with van der Waals surface area (Å²) in [5.41, 5.74) is -0.0534. The van der Waals surface area contributed by atoms with Crippen LogP contribution in [0.2, 0.25) is 0 Å². The van der Waals surface area contributed by atoms with E-state index in [1.54, 1.807) is 7.93 Å². The predicted molar refractivity (Wildman–Crippen MR) is 91.2 cm³/mol. The van der Waals surface area contributed by atoms with E-state index < -0.39 is 5.69 Å². The number of benzene rings is 2. The molecule has 2 rings (SSSR count). The summed E-state index contributed by atoms with van der Waals surface area (Å²) in [6.45, 7) is 4.07. The molecule has 0 heterocycles. The van der Waals surface area contributed by atoms with Crippen molar-refractivity contribution in [3.63, 3.8) is 0 Å². The summed E-state index contributed by atoms with van der Waals surface area (Å²) in [4.78, 5) is 0. The summed E-state index contributed by atoms with van der Waals surface area (Å²) in [5.74, 6) is 1.57. The molecule has 0 saturated carbocycles. The topological polar surface area (TPSA) is 18.5 Å². The Bertz CT molecular complexity index is 597. The van der Waals surface area contributed by atoms with Gasteiger partial charge >= 0.3 is 144 Å². The molecule has 0 atom stereocenters. The standard InChI is InChI=1S/C14H15O2PS2.Tl/c1-11-5-3-7-13(9-11)15-17(18,19)16-14-8-4-6-12(2)10-14;/h3-10H,1-2H3,(H,18,19);/q;+1/p-1. The van der Waals surface area contributed by atoms with Crippen molar-refractivity contribution in [3.8, 4) is 11.5 Å². The first-order valence-electron chi connectivity index (χ1n) is 6.02. The zero-order valence-corrected chi connectivity index (χ0v) is 18.3. The second-order valence-corrected chi connectivity index (χ2v) is 17.4. The summed E-state index contributed by atoms with van der Waals surface area (Å²) in [7, 11) is 1.62. The van der Waals surface area contributed by atoms with Gasteiger partial charge in [-0.25, -0.2) is 0 Å². The summed E-state index contributed by atoms with van der Waals surface area (Å²) < 4.78 is 12.0. The van der Waals surface area contributed by atoms with E-state index in [4.69, 9.17) is 20.9 Å². The minimum absolute atomic E-state index is 0.667. The number of hydrogen-bond donors (Lipinski definition) is 0. The third-order valence-corrected chi connectivity index (χ3v) is 21.2. The van der Waals surface area contributed by atoms with Crippen LogP contribution in [0, 0.1) is 13.8 Å². The van der Waals surface area contributed by atoms with Gasteiger partial charge in [-0.3, -0.25) is 0 Å². The zero-order valence-electron chi connectivity index (χ0n) is 11.3. The van der Waals surface area contributed by atoms with Crippen molar-refractivity contribution in [2.45, 2.75) is 13.8 Å². The van der Waals surface area contributed by atoms with Crippen LogP contribution in [0.1, 0.15) is 11.1 Å². The molecular weight excluding hydrogens is 500 g/mol. The van der Waals surface area contributed by atoms with Crippen LogP contribution in [0.5, 0.6) is 11.5 Å². The van der Waals surface area contributed by atoms with Crippen LogP contribution >= 0.6 is 13.6 Å². The average Bonchev–Trinajstić information content (AvgIpc) is 2.38. The Morgan fingerprint density at radius 1 is 0.950 bits per heavy atom. The van der Waals surface area contributed by atoms with Gasteiger partial charge in [-0.1, -0.05) is 0 Å². The molecule has 6 heteroatoms. The second-order valence-electron chi connectivity index (χ2n) is 4.37. The minimum atomic E-state index is -2.36. The molecule has 0 bridgehead atoms. The molecule has 0 aromatic heterocycles. The predicted octanol–water partition coefficient (Wildman–Crippen LogP) is 4.80. The van der Waals surface area contributed by atoms with Gasteiger partial charge < -0.3 is 0 Å². The fraction of sp³-hybridized carbons (Fsp3) is 0.143. The Labute approximate surface area is 143 Å². The van der Waals surface area contributed by atoms with Crippen molar-refractivity contribution in [3.05, 3.63) is 59.7 Å². The van der Waals surface area contributed by atoms with E-state index in [-0.39, 0.29) is 0 Å². The van der Waals surface area contributed by atoms with Gasteiger partial charge in [-0.15, -0.1) is 0 Å². The van der Waals surface area contributed by atoms with Gasteiger partial charge in [0.25, 0.3) is 0 Å². The fourth-order valence-corrected chi connectivity index (χ4v) is 6.83. The molecule has 0 aliphatic carbocycles. The van der Waals surface area contributed by atoms with E-state index in [1.807, 2.05) is 62.4 Å². The van der Waals surface area contributed by atoms with Gasteiger partial charge in [-0.05, 0) is 0 Å². The van der Waals surface area contributed by atoms with Crippen LogP contribution in [0.3, 0.4) is 0 Å². The van der Waals surface area contributed by atoms with E-state index in [1.165, 1.54) is 0 Å². The average molecular weight is 514 g/mol. The van der Waals surface area contributed by atoms with Gasteiger partial charge in [0.05, 0.1) is 0 Å². The summed E-state index contributed by atoms with van der Waals surface area (Å²) in [6, 6.07) is 15.8. The molecule has 0 unspecified atom stereocenters. The van der Waals surface area contributed by atoms with Gasteiger partial charge in [0.1, 0.15) is 0 Å². The van der Waals surface area contributed by atoms with Gasteiger partial charge in [-0.2, -0.15) is 0 Å². The Balaban J connectivity index is 2.19. The molecule has 0 aliphatic heterocycles. The van der Waals surface area contributed by atoms with E-state index in [0.717, 1.165) is 22.6 Å². The van der Waals surface area contributed by atoms with Crippen molar-refractivity contribution in [2.75, 3.05) is 0 Å². The number of aryl methyl sites for hydroxylation is 2. The first-order chi connectivity index (χ1) is 9.50. The van der Waals surface area contributed by atoms with Crippen LogP contribution in [0.4, 0.5) is 0 Å². The van der Waals surface area contributed by atoms with Crippen LogP contribution in [0.15, 0.2) is 48.5 Å². The van der Waals surface area contributed by atoms with Crippen molar-refractivity contribution in [1.82, 2.24) is 0 Å². The van der Waals surface area contributed by atoms with Crippen molar-refractivity contribution < 1.29 is 9.05 Å². The molecular formula is C14H14O2PS2Tl. The van der Waals surface area contributed by atoms with Crippen LogP contribution in [-0.2, 0) is 11.8 Å². The summed E-state index contributed by atoms with van der Waals surface area (Å²) >= 11 is 6.29. The van der Waals surface area contributed by atoms with Gasteiger partial charge in [0.15, 0.2) is 0 Å². The molecule has 0 amide bonds.